The van der Waals surface area contributed by atoms with Crippen LogP contribution in [0.2, 0.25) is 0 Å². The molecular weight excluding hydrogens is 454 g/mol. The first-order valence-corrected chi connectivity index (χ1v) is 13.1. The first-order chi connectivity index (χ1) is 17.5. The SMILES string of the molecule is CCOC(OC)Oc1cc2ccc(-c3ccc(C(=O)O)cn3)cc2cc1C12CC3CC(CC(C3)C1)C2. The van der Waals surface area contributed by atoms with Crippen molar-refractivity contribution in [2.24, 2.45) is 17.8 Å². The molecule has 0 aliphatic heterocycles. The van der Waals surface area contributed by atoms with Gasteiger partial charge in [-0.25, -0.2) is 4.79 Å². The Labute approximate surface area is 211 Å². The molecule has 4 fully saturated rings. The Kier molecular flexibility index (Phi) is 5.97. The van der Waals surface area contributed by atoms with Gasteiger partial charge in [-0.2, -0.15) is 0 Å². The lowest BCUT2D eigenvalue weighted by molar-refractivity contribution is -0.231. The van der Waals surface area contributed by atoms with Crippen LogP contribution in [-0.4, -0.2) is 36.3 Å². The topological polar surface area (TPSA) is 77.9 Å². The second-order valence-corrected chi connectivity index (χ2v) is 10.9. The molecule has 1 heterocycles. The van der Waals surface area contributed by atoms with Crippen molar-refractivity contribution in [1.29, 1.82) is 0 Å². The highest BCUT2D eigenvalue weighted by molar-refractivity contribution is 5.90. The number of pyridine rings is 1. The van der Waals surface area contributed by atoms with Crippen LogP contribution < -0.4 is 4.74 Å². The first kappa shape index (κ1) is 23.4. The second kappa shape index (κ2) is 9.16. The number of carboxylic acids is 1. The van der Waals surface area contributed by atoms with Crippen LogP contribution >= 0.6 is 0 Å². The van der Waals surface area contributed by atoms with Crippen molar-refractivity contribution in [2.75, 3.05) is 13.7 Å². The van der Waals surface area contributed by atoms with Crippen LogP contribution in [0.25, 0.3) is 22.0 Å². The number of hydrogen-bond acceptors (Lipinski definition) is 5. The van der Waals surface area contributed by atoms with Crippen LogP contribution in [0.3, 0.4) is 0 Å². The van der Waals surface area contributed by atoms with E-state index in [-0.39, 0.29) is 11.0 Å². The van der Waals surface area contributed by atoms with Crippen LogP contribution in [0, 0.1) is 17.8 Å². The lowest BCUT2D eigenvalue weighted by Gasteiger charge is -2.57. The fourth-order valence-corrected chi connectivity index (χ4v) is 7.47. The van der Waals surface area contributed by atoms with E-state index in [9.17, 15) is 9.90 Å². The smallest absolute Gasteiger partial charge is 0.337 e. The third-order valence-electron chi connectivity index (χ3n) is 8.57. The standard InChI is InChI=1S/C30H33NO5/c1-3-35-29(34-2)36-27-13-21-4-5-22(26-7-6-23(17-31-26)28(32)33)11-24(21)12-25(27)30-14-18-8-19(15-30)10-20(9-18)16-30/h4-7,11-13,17-20,29H,3,8-10,14-16H2,1-2H3,(H,32,33). The monoisotopic (exact) mass is 487 g/mol. The number of hydrogen-bond donors (Lipinski definition) is 1. The molecule has 36 heavy (non-hydrogen) atoms. The zero-order valence-electron chi connectivity index (χ0n) is 20.9. The molecule has 4 aliphatic carbocycles. The van der Waals surface area contributed by atoms with Gasteiger partial charge in [-0.15, -0.1) is 0 Å². The number of aromatic carboxylic acids is 1. The molecule has 0 radical (unpaired) electrons. The summed E-state index contributed by atoms with van der Waals surface area (Å²) >= 11 is 0. The van der Waals surface area contributed by atoms with E-state index in [2.05, 4.69) is 29.2 Å². The molecule has 3 aromatic rings. The summed E-state index contributed by atoms with van der Waals surface area (Å²) in [7, 11) is 1.61. The average molecular weight is 488 g/mol. The lowest BCUT2D eigenvalue weighted by Crippen LogP contribution is -2.48. The maximum Gasteiger partial charge on any atom is 0.337 e. The highest BCUT2D eigenvalue weighted by atomic mass is 16.8. The molecule has 1 atom stereocenters. The van der Waals surface area contributed by atoms with Crippen LogP contribution in [0.5, 0.6) is 5.75 Å². The maximum atomic E-state index is 11.2. The van der Waals surface area contributed by atoms with Crippen LogP contribution in [-0.2, 0) is 14.9 Å². The summed E-state index contributed by atoms with van der Waals surface area (Å²) in [5.41, 5.74) is 3.33. The van der Waals surface area contributed by atoms with E-state index < -0.39 is 12.4 Å². The minimum Gasteiger partial charge on any atom is -0.478 e. The summed E-state index contributed by atoms with van der Waals surface area (Å²) in [5, 5.41) is 11.4. The summed E-state index contributed by atoms with van der Waals surface area (Å²) in [6, 6.07) is 14.1. The van der Waals surface area contributed by atoms with Gasteiger partial charge < -0.3 is 19.3 Å². The van der Waals surface area contributed by atoms with E-state index in [0.29, 0.717) is 6.61 Å². The Bertz CT molecular complexity index is 1250. The number of carboxylic acid groups (broad SMARTS) is 1. The van der Waals surface area contributed by atoms with Crippen LogP contribution in [0.15, 0.2) is 48.7 Å². The minimum absolute atomic E-state index is 0.139. The van der Waals surface area contributed by atoms with Gasteiger partial charge >= 0.3 is 12.4 Å². The largest absolute Gasteiger partial charge is 0.478 e. The summed E-state index contributed by atoms with van der Waals surface area (Å²) in [5.74, 6) is 2.33. The van der Waals surface area contributed by atoms with E-state index >= 15 is 0 Å². The highest BCUT2D eigenvalue weighted by Gasteiger charge is 2.52. The van der Waals surface area contributed by atoms with Crippen LogP contribution in [0.1, 0.15) is 61.4 Å². The van der Waals surface area contributed by atoms with Crippen LogP contribution in [0.4, 0.5) is 0 Å². The van der Waals surface area contributed by atoms with Crippen molar-refractivity contribution in [3.8, 4) is 17.0 Å². The number of carbonyl (C=O) groups is 1. The zero-order chi connectivity index (χ0) is 24.9. The van der Waals surface area contributed by atoms with Gasteiger partial charge in [0.15, 0.2) is 0 Å². The van der Waals surface area contributed by atoms with Crippen molar-refractivity contribution < 1.29 is 24.1 Å². The van der Waals surface area contributed by atoms with Gasteiger partial charge in [0.2, 0.25) is 0 Å². The minimum atomic E-state index is -0.971. The van der Waals surface area contributed by atoms with Gasteiger partial charge in [0.1, 0.15) is 5.75 Å². The van der Waals surface area contributed by atoms with E-state index in [1.807, 2.05) is 13.0 Å². The molecule has 0 amide bonds. The van der Waals surface area contributed by atoms with Crippen molar-refractivity contribution >= 4 is 16.7 Å². The predicted molar refractivity (Wildman–Crippen MR) is 137 cm³/mol. The number of ether oxygens (including phenoxy) is 3. The van der Waals surface area contributed by atoms with Crippen molar-refractivity contribution in [3.63, 3.8) is 0 Å². The first-order valence-electron chi connectivity index (χ1n) is 13.1. The van der Waals surface area contributed by atoms with Gasteiger partial charge in [0.05, 0.1) is 17.9 Å². The molecule has 2 aromatic carbocycles. The molecule has 188 valence electrons. The van der Waals surface area contributed by atoms with Gasteiger partial charge in [-0.1, -0.05) is 12.1 Å². The van der Waals surface area contributed by atoms with E-state index in [4.69, 9.17) is 14.2 Å². The number of methoxy groups -OCH3 is 1. The quantitative estimate of drug-likeness (QED) is 0.370. The van der Waals surface area contributed by atoms with E-state index in [1.54, 1.807) is 19.2 Å². The highest BCUT2D eigenvalue weighted by Crippen LogP contribution is 2.62. The number of fused-ring (bicyclic) bond motifs is 1. The summed E-state index contributed by atoms with van der Waals surface area (Å²) < 4.78 is 17.6. The molecule has 0 saturated heterocycles. The molecule has 1 aromatic heterocycles. The Morgan fingerprint density at radius 2 is 1.75 bits per heavy atom. The molecule has 4 bridgehead atoms. The Hall–Kier alpha value is -2.96. The van der Waals surface area contributed by atoms with Gasteiger partial charge in [-0.3, -0.25) is 4.98 Å². The molecule has 0 spiro atoms. The predicted octanol–water partition coefficient (Wildman–Crippen LogP) is 6.41. The molecular formula is C30H33NO5. The third kappa shape index (κ3) is 4.16. The number of rotatable bonds is 8. The van der Waals surface area contributed by atoms with Gasteiger partial charge in [0.25, 0.3) is 0 Å². The summed E-state index contributed by atoms with van der Waals surface area (Å²) in [6.07, 6.45) is 9.24. The molecule has 1 N–H and O–H groups in total. The second-order valence-electron chi connectivity index (χ2n) is 10.9. The normalized spacial score (nSPS) is 27.3. The number of nitrogens with zero attached hydrogens (tertiary/aromatic N) is 1. The number of benzene rings is 2. The summed E-state index contributed by atoms with van der Waals surface area (Å²) in [6.45, 7) is 1.71. The fourth-order valence-electron chi connectivity index (χ4n) is 7.47. The number of aromatic nitrogens is 1. The Morgan fingerprint density at radius 3 is 2.33 bits per heavy atom. The van der Waals surface area contributed by atoms with Crippen molar-refractivity contribution in [3.05, 3.63) is 59.8 Å². The molecule has 6 heteroatoms. The van der Waals surface area contributed by atoms with E-state index in [1.165, 1.54) is 50.3 Å². The van der Waals surface area contributed by atoms with Gasteiger partial charge in [-0.05, 0) is 110 Å². The maximum absolute atomic E-state index is 11.2. The molecule has 1 unspecified atom stereocenters. The van der Waals surface area contributed by atoms with Crippen molar-refractivity contribution in [2.45, 2.75) is 57.3 Å². The average Bonchev–Trinajstić information content (AvgIpc) is 2.87. The molecule has 4 aliphatic rings. The lowest BCUT2D eigenvalue weighted by atomic mass is 9.48. The Balaban J connectivity index is 1.44. The molecule has 6 nitrogen and oxygen atoms in total. The zero-order valence-corrected chi connectivity index (χ0v) is 20.9. The third-order valence-corrected chi connectivity index (χ3v) is 8.57. The fraction of sp³-hybridized carbons (Fsp3) is 0.467. The van der Waals surface area contributed by atoms with E-state index in [0.717, 1.165) is 45.5 Å². The van der Waals surface area contributed by atoms with Gasteiger partial charge in [0, 0.05) is 24.4 Å². The molecule has 7 rings (SSSR count). The summed E-state index contributed by atoms with van der Waals surface area (Å²) in [4.78, 5) is 15.6. The van der Waals surface area contributed by atoms with Crippen molar-refractivity contribution in [1.82, 2.24) is 4.98 Å². The Morgan fingerprint density at radius 1 is 1.03 bits per heavy atom. The molecule has 4 saturated carbocycles.